The summed E-state index contributed by atoms with van der Waals surface area (Å²) in [4.78, 5) is 5.11. The molecule has 84 valence electrons. The van der Waals surface area contributed by atoms with Crippen LogP contribution in [0.5, 0.6) is 5.75 Å². The molecule has 0 aliphatic rings. The van der Waals surface area contributed by atoms with E-state index in [1.807, 2.05) is 6.92 Å². The largest absolute Gasteiger partial charge is 0.488 e. The molecule has 0 radical (unpaired) electrons. The zero-order valence-corrected chi connectivity index (χ0v) is 10.1. The number of benzene rings is 1. The van der Waals surface area contributed by atoms with E-state index in [0.29, 0.717) is 12.4 Å². The van der Waals surface area contributed by atoms with Crippen molar-refractivity contribution in [2.24, 2.45) is 0 Å². The third-order valence-electron chi connectivity index (χ3n) is 1.94. The van der Waals surface area contributed by atoms with Gasteiger partial charge in [0.05, 0.1) is 14.9 Å². The molecule has 0 unspecified atom stereocenters. The molecule has 0 aliphatic heterocycles. The number of hydrogen-bond acceptors (Lipinski definition) is 3. The highest BCUT2D eigenvalue weighted by Crippen LogP contribution is 2.22. The molecule has 5 heteroatoms. The predicted octanol–water partition coefficient (Wildman–Crippen LogP) is 3.82. The Kier molecular flexibility index (Phi) is 3.41. The highest BCUT2D eigenvalue weighted by Gasteiger charge is 2.03. The van der Waals surface area contributed by atoms with Gasteiger partial charge in [-0.25, -0.2) is 9.37 Å². The van der Waals surface area contributed by atoms with E-state index in [0.717, 1.165) is 9.88 Å². The van der Waals surface area contributed by atoms with Crippen molar-refractivity contribution in [3.05, 3.63) is 45.1 Å². The van der Waals surface area contributed by atoms with E-state index < -0.39 is 5.82 Å². The maximum absolute atomic E-state index is 13.1. The van der Waals surface area contributed by atoms with Crippen LogP contribution in [0.4, 0.5) is 4.39 Å². The van der Waals surface area contributed by atoms with Crippen LogP contribution in [0.25, 0.3) is 0 Å². The Balaban J connectivity index is 2.02. The fourth-order valence-corrected chi connectivity index (χ4v) is 2.02. The molecule has 2 aromatic rings. The Bertz CT molecular complexity index is 500. The lowest BCUT2D eigenvalue weighted by molar-refractivity contribution is 0.308. The summed E-state index contributed by atoms with van der Waals surface area (Å²) in [5, 5.41) is 1.09. The number of aromatic nitrogens is 1. The van der Waals surface area contributed by atoms with Crippen LogP contribution in [0.15, 0.2) is 24.4 Å². The Morgan fingerprint density at radius 1 is 1.50 bits per heavy atom. The summed E-state index contributed by atoms with van der Waals surface area (Å²) >= 11 is 7.12. The topological polar surface area (TPSA) is 22.1 Å². The maximum Gasteiger partial charge on any atom is 0.145 e. The van der Waals surface area contributed by atoms with E-state index >= 15 is 0 Å². The first-order valence-electron chi connectivity index (χ1n) is 4.64. The molecule has 16 heavy (non-hydrogen) atoms. The molecule has 0 atom stereocenters. The molecule has 2 rings (SSSR count). The van der Waals surface area contributed by atoms with Crippen LogP contribution in [0, 0.1) is 12.7 Å². The van der Waals surface area contributed by atoms with E-state index in [9.17, 15) is 4.39 Å². The molecule has 1 aromatic carbocycles. The van der Waals surface area contributed by atoms with E-state index in [-0.39, 0.29) is 5.02 Å². The third kappa shape index (κ3) is 2.71. The van der Waals surface area contributed by atoms with Crippen molar-refractivity contribution in [2.75, 3.05) is 0 Å². The molecule has 1 aromatic heterocycles. The molecule has 0 spiro atoms. The molecule has 0 aliphatic carbocycles. The van der Waals surface area contributed by atoms with Crippen molar-refractivity contribution in [2.45, 2.75) is 13.5 Å². The van der Waals surface area contributed by atoms with Gasteiger partial charge in [0.1, 0.15) is 18.2 Å². The molecule has 1 heterocycles. The number of halogens is 2. The number of hydrogen-bond donors (Lipinski definition) is 0. The number of rotatable bonds is 3. The first kappa shape index (κ1) is 11.4. The second kappa shape index (κ2) is 4.80. The van der Waals surface area contributed by atoms with Crippen molar-refractivity contribution < 1.29 is 9.13 Å². The predicted molar refractivity (Wildman–Crippen MR) is 62.6 cm³/mol. The molecule has 2 nitrogen and oxygen atoms in total. The van der Waals surface area contributed by atoms with E-state index in [2.05, 4.69) is 4.98 Å². The van der Waals surface area contributed by atoms with Crippen molar-refractivity contribution in [3.63, 3.8) is 0 Å². The quantitative estimate of drug-likeness (QED) is 0.834. The summed E-state index contributed by atoms with van der Waals surface area (Å²) in [6.07, 6.45) is 1.76. The normalized spacial score (nSPS) is 10.4. The van der Waals surface area contributed by atoms with Crippen LogP contribution in [-0.4, -0.2) is 4.98 Å². The van der Waals surface area contributed by atoms with Crippen molar-refractivity contribution in [1.82, 2.24) is 4.98 Å². The summed E-state index contributed by atoms with van der Waals surface area (Å²) in [5.41, 5.74) is 0. The molecular weight excluding hydrogens is 249 g/mol. The van der Waals surface area contributed by atoms with Crippen LogP contribution in [-0.2, 0) is 6.61 Å². The fraction of sp³-hybridized carbons (Fsp3) is 0.182. The number of ether oxygens (including phenoxy) is 1. The van der Waals surface area contributed by atoms with Crippen molar-refractivity contribution in [1.29, 1.82) is 0 Å². The molecule has 0 bridgehead atoms. The minimum atomic E-state index is -0.473. The van der Waals surface area contributed by atoms with Gasteiger partial charge in [0, 0.05) is 12.3 Å². The average Bonchev–Trinajstić information content (AvgIpc) is 2.66. The molecule has 0 saturated heterocycles. The van der Waals surface area contributed by atoms with Gasteiger partial charge in [0.2, 0.25) is 0 Å². The van der Waals surface area contributed by atoms with Crippen LogP contribution in [0.1, 0.15) is 9.88 Å². The number of aryl methyl sites for hydroxylation is 1. The van der Waals surface area contributed by atoms with Crippen LogP contribution < -0.4 is 4.74 Å². The summed E-state index contributed by atoms with van der Waals surface area (Å²) < 4.78 is 18.5. The Morgan fingerprint density at radius 2 is 2.31 bits per heavy atom. The Labute approximate surface area is 102 Å². The van der Waals surface area contributed by atoms with Gasteiger partial charge in [-0.3, -0.25) is 0 Å². The van der Waals surface area contributed by atoms with Gasteiger partial charge < -0.3 is 4.74 Å². The van der Waals surface area contributed by atoms with Crippen LogP contribution in [0.3, 0.4) is 0 Å². The summed E-state index contributed by atoms with van der Waals surface area (Å²) in [6.45, 7) is 2.32. The lowest BCUT2D eigenvalue weighted by atomic mass is 10.3. The standard InChI is InChI=1S/C11H9ClFNOS/c1-7-14-5-9(16-7)6-15-8-2-3-10(12)11(13)4-8/h2-5H,6H2,1H3. The second-order valence-corrected chi connectivity index (χ2v) is 4.94. The SMILES string of the molecule is Cc1ncc(COc2ccc(Cl)c(F)c2)s1. The van der Waals surface area contributed by atoms with Gasteiger partial charge in [-0.05, 0) is 19.1 Å². The van der Waals surface area contributed by atoms with Gasteiger partial charge in [-0.15, -0.1) is 11.3 Å². The van der Waals surface area contributed by atoms with E-state index in [1.54, 1.807) is 23.6 Å². The zero-order chi connectivity index (χ0) is 11.5. The van der Waals surface area contributed by atoms with Crippen molar-refractivity contribution >= 4 is 22.9 Å². The first-order valence-corrected chi connectivity index (χ1v) is 5.84. The van der Waals surface area contributed by atoms with Crippen LogP contribution in [0.2, 0.25) is 5.02 Å². The molecule has 0 N–H and O–H groups in total. The van der Waals surface area contributed by atoms with E-state index in [4.69, 9.17) is 16.3 Å². The highest BCUT2D eigenvalue weighted by molar-refractivity contribution is 7.11. The summed E-state index contributed by atoms with van der Waals surface area (Å²) in [6, 6.07) is 4.39. The smallest absolute Gasteiger partial charge is 0.145 e. The zero-order valence-electron chi connectivity index (χ0n) is 8.54. The van der Waals surface area contributed by atoms with Gasteiger partial charge in [-0.1, -0.05) is 11.6 Å². The fourth-order valence-electron chi connectivity index (χ4n) is 1.19. The third-order valence-corrected chi connectivity index (χ3v) is 3.13. The highest BCUT2D eigenvalue weighted by atomic mass is 35.5. The van der Waals surface area contributed by atoms with Crippen LogP contribution >= 0.6 is 22.9 Å². The molecule has 0 amide bonds. The lowest BCUT2D eigenvalue weighted by Crippen LogP contribution is -1.93. The van der Waals surface area contributed by atoms with Gasteiger partial charge in [0.15, 0.2) is 0 Å². The summed E-state index contributed by atoms with van der Waals surface area (Å²) in [5.74, 6) is -0.00685. The second-order valence-electron chi connectivity index (χ2n) is 3.21. The minimum Gasteiger partial charge on any atom is -0.488 e. The summed E-state index contributed by atoms with van der Waals surface area (Å²) in [7, 11) is 0. The number of nitrogens with zero attached hydrogens (tertiary/aromatic N) is 1. The first-order chi connectivity index (χ1) is 7.65. The lowest BCUT2D eigenvalue weighted by Gasteiger charge is -2.04. The monoisotopic (exact) mass is 257 g/mol. The molecule has 0 saturated carbocycles. The van der Waals surface area contributed by atoms with E-state index in [1.165, 1.54) is 12.1 Å². The Morgan fingerprint density at radius 3 is 2.94 bits per heavy atom. The van der Waals surface area contributed by atoms with Gasteiger partial charge in [0.25, 0.3) is 0 Å². The molecule has 0 fully saturated rings. The number of thiazole rings is 1. The minimum absolute atomic E-state index is 0.0981. The van der Waals surface area contributed by atoms with Gasteiger partial charge in [-0.2, -0.15) is 0 Å². The Hall–Kier alpha value is -1.13. The van der Waals surface area contributed by atoms with Gasteiger partial charge >= 0.3 is 0 Å². The van der Waals surface area contributed by atoms with Crippen molar-refractivity contribution in [3.8, 4) is 5.75 Å². The maximum atomic E-state index is 13.1. The molecular formula is C11H9ClFNOS. The average molecular weight is 258 g/mol.